The summed E-state index contributed by atoms with van der Waals surface area (Å²) >= 11 is 0. The van der Waals surface area contributed by atoms with Crippen molar-refractivity contribution in [2.75, 3.05) is 11.9 Å². The van der Waals surface area contributed by atoms with E-state index in [-0.39, 0.29) is 11.6 Å². The zero-order valence-corrected chi connectivity index (χ0v) is 11.7. The van der Waals surface area contributed by atoms with Crippen LogP contribution in [-0.4, -0.2) is 16.6 Å². The van der Waals surface area contributed by atoms with E-state index < -0.39 is 0 Å². The number of anilines is 2. The first-order chi connectivity index (χ1) is 9.54. The highest BCUT2D eigenvalue weighted by molar-refractivity contribution is 5.59. The number of rotatable bonds is 3. The Morgan fingerprint density at radius 1 is 1.30 bits per heavy atom. The van der Waals surface area contributed by atoms with Crippen LogP contribution in [-0.2, 0) is 0 Å². The van der Waals surface area contributed by atoms with Crippen LogP contribution in [0.15, 0.2) is 41.5 Å². The first-order valence-corrected chi connectivity index (χ1v) is 6.35. The number of nitrogens with zero attached hydrogens (tertiary/aromatic N) is 4. The molecule has 0 aliphatic carbocycles. The molecule has 0 saturated heterocycles. The van der Waals surface area contributed by atoms with Crippen molar-refractivity contribution in [2.24, 2.45) is 0 Å². The molecule has 2 rings (SSSR count). The van der Waals surface area contributed by atoms with E-state index in [1.165, 1.54) is 0 Å². The van der Waals surface area contributed by atoms with Crippen molar-refractivity contribution in [3.63, 3.8) is 0 Å². The second kappa shape index (κ2) is 5.57. The average Bonchev–Trinajstić information content (AvgIpc) is 2.46. The number of hydrogen-bond donors (Lipinski definition) is 0. The third-order valence-electron chi connectivity index (χ3n) is 3.11. The highest BCUT2D eigenvalue weighted by Crippen LogP contribution is 2.19. The number of nitriles is 1. The van der Waals surface area contributed by atoms with Gasteiger partial charge in [-0.2, -0.15) is 5.26 Å². The summed E-state index contributed by atoms with van der Waals surface area (Å²) in [6.45, 7) is 3.90. The van der Waals surface area contributed by atoms with Crippen molar-refractivity contribution in [1.82, 2.24) is 9.55 Å². The molecular formula is C15H16N4O. The maximum Gasteiger partial charge on any atom is 0.294 e. The van der Waals surface area contributed by atoms with Crippen LogP contribution in [0.5, 0.6) is 0 Å². The molecule has 1 heterocycles. The first kappa shape index (κ1) is 13.8. The molecule has 0 unspecified atom stereocenters. The van der Waals surface area contributed by atoms with Gasteiger partial charge in [-0.1, -0.05) is 0 Å². The monoisotopic (exact) mass is 268 g/mol. The van der Waals surface area contributed by atoms with Crippen LogP contribution in [0.4, 0.5) is 11.5 Å². The van der Waals surface area contributed by atoms with Gasteiger partial charge in [-0.15, -0.1) is 0 Å². The van der Waals surface area contributed by atoms with E-state index in [0.717, 1.165) is 5.69 Å². The van der Waals surface area contributed by atoms with E-state index in [9.17, 15) is 4.79 Å². The number of aromatic nitrogens is 2. The lowest BCUT2D eigenvalue weighted by atomic mass is 10.2. The molecule has 0 amide bonds. The molecule has 0 bridgehead atoms. The van der Waals surface area contributed by atoms with Crippen molar-refractivity contribution >= 4 is 11.5 Å². The maximum atomic E-state index is 12.4. The summed E-state index contributed by atoms with van der Waals surface area (Å²) in [4.78, 5) is 18.2. The van der Waals surface area contributed by atoms with Gasteiger partial charge in [0.15, 0.2) is 5.82 Å². The molecule has 5 nitrogen and oxygen atoms in total. The molecule has 0 spiro atoms. The lowest BCUT2D eigenvalue weighted by Crippen LogP contribution is -2.28. The van der Waals surface area contributed by atoms with Crippen molar-refractivity contribution in [1.29, 1.82) is 5.26 Å². The minimum Gasteiger partial charge on any atom is -0.325 e. The van der Waals surface area contributed by atoms with Crippen LogP contribution >= 0.6 is 0 Å². The van der Waals surface area contributed by atoms with Gasteiger partial charge in [0.05, 0.1) is 11.6 Å². The van der Waals surface area contributed by atoms with Crippen LogP contribution < -0.4 is 10.5 Å². The summed E-state index contributed by atoms with van der Waals surface area (Å²) in [5.41, 5.74) is 1.27. The third kappa shape index (κ3) is 2.54. The minimum absolute atomic E-state index is 0.0821. The van der Waals surface area contributed by atoms with E-state index in [0.29, 0.717) is 11.4 Å². The summed E-state index contributed by atoms with van der Waals surface area (Å²) in [5.74, 6) is 0.367. The average molecular weight is 268 g/mol. The fourth-order valence-electron chi connectivity index (χ4n) is 1.93. The summed E-state index contributed by atoms with van der Waals surface area (Å²) in [6, 6.07) is 9.18. The van der Waals surface area contributed by atoms with Gasteiger partial charge in [-0.3, -0.25) is 4.79 Å². The smallest absolute Gasteiger partial charge is 0.294 e. The minimum atomic E-state index is -0.130. The van der Waals surface area contributed by atoms with Crippen LogP contribution in [0.25, 0.3) is 0 Å². The molecule has 0 saturated carbocycles. The molecule has 1 aromatic carbocycles. The van der Waals surface area contributed by atoms with Crippen molar-refractivity contribution < 1.29 is 0 Å². The van der Waals surface area contributed by atoms with Gasteiger partial charge in [-0.25, -0.2) is 4.98 Å². The quantitative estimate of drug-likeness (QED) is 0.858. The van der Waals surface area contributed by atoms with E-state index in [1.807, 2.05) is 13.8 Å². The molecular weight excluding hydrogens is 252 g/mol. The second-order valence-electron chi connectivity index (χ2n) is 4.77. The number of benzene rings is 1. The largest absolute Gasteiger partial charge is 0.325 e. The molecule has 1 aromatic heterocycles. The summed E-state index contributed by atoms with van der Waals surface area (Å²) in [7, 11) is 1.79. The first-order valence-electron chi connectivity index (χ1n) is 6.35. The standard InChI is InChI=1S/C15H16N4O/c1-11(2)19-9-8-17-14(15(19)20)18(3)13-6-4-12(10-16)5-7-13/h4-9,11H,1-3H3. The summed E-state index contributed by atoms with van der Waals surface area (Å²) in [6.07, 6.45) is 3.31. The highest BCUT2D eigenvalue weighted by atomic mass is 16.1. The predicted molar refractivity (Wildman–Crippen MR) is 78.1 cm³/mol. The zero-order chi connectivity index (χ0) is 14.7. The molecule has 0 N–H and O–H groups in total. The van der Waals surface area contributed by atoms with E-state index in [2.05, 4.69) is 11.1 Å². The molecule has 5 heteroatoms. The van der Waals surface area contributed by atoms with Crippen molar-refractivity contribution in [2.45, 2.75) is 19.9 Å². The highest BCUT2D eigenvalue weighted by Gasteiger charge is 2.12. The topological polar surface area (TPSA) is 61.9 Å². The van der Waals surface area contributed by atoms with Crippen LogP contribution in [0.1, 0.15) is 25.5 Å². The molecule has 102 valence electrons. The fourth-order valence-corrected chi connectivity index (χ4v) is 1.93. The second-order valence-corrected chi connectivity index (χ2v) is 4.77. The van der Waals surface area contributed by atoms with Gasteiger partial charge in [0.2, 0.25) is 0 Å². The molecule has 0 aliphatic rings. The Bertz CT molecular complexity index is 695. The van der Waals surface area contributed by atoms with E-state index in [1.54, 1.807) is 53.2 Å². The molecule has 0 radical (unpaired) electrons. The molecule has 0 atom stereocenters. The van der Waals surface area contributed by atoms with Gasteiger partial charge in [0, 0.05) is 31.2 Å². The lowest BCUT2D eigenvalue weighted by Gasteiger charge is -2.19. The molecule has 0 fully saturated rings. The van der Waals surface area contributed by atoms with Crippen LogP contribution in [0.3, 0.4) is 0 Å². The molecule has 0 aliphatic heterocycles. The zero-order valence-electron chi connectivity index (χ0n) is 11.7. The Morgan fingerprint density at radius 2 is 1.95 bits per heavy atom. The normalized spacial score (nSPS) is 10.3. The maximum absolute atomic E-state index is 12.4. The lowest BCUT2D eigenvalue weighted by molar-refractivity contribution is 0.574. The summed E-state index contributed by atoms with van der Waals surface area (Å²) < 4.78 is 1.64. The van der Waals surface area contributed by atoms with Crippen LogP contribution in [0.2, 0.25) is 0 Å². The third-order valence-corrected chi connectivity index (χ3v) is 3.11. The van der Waals surface area contributed by atoms with Gasteiger partial charge in [-0.05, 0) is 38.1 Å². The molecule has 2 aromatic rings. The Kier molecular flexibility index (Phi) is 3.85. The van der Waals surface area contributed by atoms with Gasteiger partial charge in [0.25, 0.3) is 5.56 Å². The van der Waals surface area contributed by atoms with E-state index in [4.69, 9.17) is 5.26 Å². The Balaban J connectivity index is 2.43. The number of hydrogen-bond acceptors (Lipinski definition) is 4. The summed E-state index contributed by atoms with van der Waals surface area (Å²) in [5, 5.41) is 8.80. The Morgan fingerprint density at radius 3 is 2.50 bits per heavy atom. The Hall–Kier alpha value is -2.61. The Labute approximate surface area is 117 Å². The fraction of sp³-hybridized carbons (Fsp3) is 0.267. The van der Waals surface area contributed by atoms with E-state index >= 15 is 0 Å². The van der Waals surface area contributed by atoms with Gasteiger partial charge >= 0.3 is 0 Å². The van der Waals surface area contributed by atoms with Crippen molar-refractivity contribution in [3.8, 4) is 6.07 Å². The van der Waals surface area contributed by atoms with Gasteiger partial charge < -0.3 is 9.47 Å². The van der Waals surface area contributed by atoms with Crippen LogP contribution in [0, 0.1) is 11.3 Å². The van der Waals surface area contributed by atoms with Crippen molar-refractivity contribution in [3.05, 3.63) is 52.6 Å². The SMILES string of the molecule is CC(C)n1ccnc(N(C)c2ccc(C#N)cc2)c1=O. The van der Waals surface area contributed by atoms with Gasteiger partial charge in [0.1, 0.15) is 0 Å². The molecule has 20 heavy (non-hydrogen) atoms. The predicted octanol–water partition coefficient (Wildman–Crippen LogP) is 2.46.